The molecule has 3 N–H and O–H groups in total. The molecule has 0 amide bonds. The fourth-order valence-electron chi connectivity index (χ4n) is 2.75. The molecule has 1 saturated carbocycles. The highest BCUT2D eigenvalue weighted by molar-refractivity contribution is 7.89. The van der Waals surface area contributed by atoms with Crippen LogP contribution in [0, 0.1) is 0 Å². The molecule has 7 nitrogen and oxygen atoms in total. The van der Waals surface area contributed by atoms with Crippen LogP contribution in [-0.2, 0) is 10.0 Å². The first-order valence-corrected chi connectivity index (χ1v) is 8.97. The average Bonchev–Trinajstić information content (AvgIpc) is 2.55. The fourth-order valence-corrected chi connectivity index (χ4v) is 4.36. The molecule has 1 fully saturated rings. The molecule has 0 aliphatic heterocycles. The molecular weight excluding hydrogens is 356 g/mol. The van der Waals surface area contributed by atoms with Crippen molar-refractivity contribution in [2.75, 3.05) is 21.3 Å². The van der Waals surface area contributed by atoms with Crippen molar-refractivity contribution in [1.82, 2.24) is 4.72 Å². The summed E-state index contributed by atoms with van der Waals surface area (Å²) >= 11 is 0. The first kappa shape index (κ1) is 20.8. The summed E-state index contributed by atoms with van der Waals surface area (Å²) in [5.74, 6) is 0.823. The van der Waals surface area contributed by atoms with Crippen molar-refractivity contribution >= 4 is 22.4 Å². The summed E-state index contributed by atoms with van der Waals surface area (Å²) in [5.41, 5.74) is 5.86. The third kappa shape index (κ3) is 4.66. The lowest BCUT2D eigenvalue weighted by Crippen LogP contribution is -2.40. The minimum Gasteiger partial charge on any atom is -0.496 e. The summed E-state index contributed by atoms with van der Waals surface area (Å²) in [7, 11) is 0.527. The van der Waals surface area contributed by atoms with Crippen LogP contribution in [0.25, 0.3) is 0 Å². The van der Waals surface area contributed by atoms with E-state index in [-0.39, 0.29) is 40.9 Å². The van der Waals surface area contributed by atoms with Gasteiger partial charge in [-0.15, -0.1) is 12.4 Å². The van der Waals surface area contributed by atoms with Gasteiger partial charge in [0.2, 0.25) is 10.0 Å². The van der Waals surface area contributed by atoms with Gasteiger partial charge in [0.05, 0.1) is 21.3 Å². The Kier molecular flexibility index (Phi) is 7.59. The van der Waals surface area contributed by atoms with Crippen molar-refractivity contribution in [2.45, 2.75) is 42.7 Å². The maximum absolute atomic E-state index is 12.8. The highest BCUT2D eigenvalue weighted by Crippen LogP contribution is 2.37. The molecular formula is C15H25ClN2O5S. The topological polar surface area (TPSA) is 99.9 Å². The lowest BCUT2D eigenvalue weighted by Gasteiger charge is -2.27. The van der Waals surface area contributed by atoms with E-state index in [1.807, 2.05) is 0 Å². The van der Waals surface area contributed by atoms with Crippen LogP contribution in [0.2, 0.25) is 0 Å². The van der Waals surface area contributed by atoms with Gasteiger partial charge in [-0.2, -0.15) is 0 Å². The molecule has 1 aliphatic carbocycles. The average molecular weight is 381 g/mol. The fraction of sp³-hybridized carbons (Fsp3) is 0.600. The number of benzene rings is 1. The third-order valence-corrected chi connectivity index (χ3v) is 5.62. The molecule has 9 heteroatoms. The number of hydrogen-bond donors (Lipinski definition) is 2. The number of methoxy groups -OCH3 is 3. The van der Waals surface area contributed by atoms with Crippen molar-refractivity contribution in [1.29, 1.82) is 0 Å². The van der Waals surface area contributed by atoms with Crippen molar-refractivity contribution in [3.8, 4) is 17.2 Å². The monoisotopic (exact) mass is 380 g/mol. The van der Waals surface area contributed by atoms with Crippen molar-refractivity contribution in [2.24, 2.45) is 5.73 Å². The SMILES string of the molecule is COc1cc(OC)c(S(=O)(=O)NC2CCC(N)CC2)c(OC)c1.Cl. The molecule has 1 aliphatic rings. The Morgan fingerprint density at radius 1 is 1.00 bits per heavy atom. The zero-order valence-corrected chi connectivity index (χ0v) is 15.7. The summed E-state index contributed by atoms with van der Waals surface area (Å²) in [6.45, 7) is 0. The minimum atomic E-state index is -3.78. The Bertz CT molecular complexity index is 620. The van der Waals surface area contributed by atoms with Crippen molar-refractivity contribution < 1.29 is 22.6 Å². The molecule has 1 aromatic rings. The molecule has 0 heterocycles. The molecule has 138 valence electrons. The number of sulfonamides is 1. The highest BCUT2D eigenvalue weighted by Gasteiger charge is 2.30. The summed E-state index contributed by atoms with van der Waals surface area (Å²) < 4.78 is 43.9. The van der Waals surface area contributed by atoms with Crippen molar-refractivity contribution in [3.63, 3.8) is 0 Å². The summed E-state index contributed by atoms with van der Waals surface area (Å²) in [4.78, 5) is -0.0156. The Morgan fingerprint density at radius 2 is 1.50 bits per heavy atom. The van der Waals surface area contributed by atoms with Gasteiger partial charge in [0.25, 0.3) is 0 Å². The van der Waals surface area contributed by atoms with Crippen molar-refractivity contribution in [3.05, 3.63) is 12.1 Å². The first-order chi connectivity index (χ1) is 10.9. The molecule has 1 aromatic carbocycles. The Hall–Kier alpha value is -1.22. The number of nitrogens with one attached hydrogen (secondary N) is 1. The highest BCUT2D eigenvalue weighted by atomic mass is 35.5. The van der Waals surface area contributed by atoms with Gasteiger partial charge in [-0.3, -0.25) is 0 Å². The van der Waals surface area contributed by atoms with Crippen LogP contribution in [0.1, 0.15) is 25.7 Å². The van der Waals surface area contributed by atoms with E-state index in [0.717, 1.165) is 25.7 Å². The second kappa shape index (κ2) is 8.75. The summed E-state index contributed by atoms with van der Waals surface area (Å²) in [6, 6.07) is 3.07. The second-order valence-corrected chi connectivity index (χ2v) is 7.24. The molecule has 24 heavy (non-hydrogen) atoms. The first-order valence-electron chi connectivity index (χ1n) is 7.49. The number of hydrogen-bond acceptors (Lipinski definition) is 6. The number of rotatable bonds is 6. The van der Waals surface area contributed by atoms with E-state index in [0.29, 0.717) is 5.75 Å². The summed E-state index contributed by atoms with van der Waals surface area (Å²) in [5, 5.41) is 0. The van der Waals surface area contributed by atoms with Crippen LogP contribution in [0.4, 0.5) is 0 Å². The van der Waals surface area contributed by atoms with Gasteiger partial charge in [-0.25, -0.2) is 13.1 Å². The quantitative estimate of drug-likeness (QED) is 0.778. The van der Waals surface area contributed by atoms with Crippen LogP contribution >= 0.6 is 12.4 Å². The van der Waals surface area contributed by atoms with E-state index < -0.39 is 10.0 Å². The standard InChI is InChI=1S/C15H24N2O5S.ClH/c1-20-12-8-13(21-2)15(14(9-12)22-3)23(18,19)17-11-6-4-10(16)5-7-11;/h8-11,17H,4-7,16H2,1-3H3;1H. The van der Waals surface area contributed by atoms with E-state index >= 15 is 0 Å². The Labute approximate surface area is 149 Å². The predicted molar refractivity (Wildman–Crippen MR) is 93.9 cm³/mol. The van der Waals surface area contributed by atoms with E-state index in [9.17, 15) is 8.42 Å². The van der Waals surface area contributed by atoms with Crippen LogP contribution in [0.3, 0.4) is 0 Å². The molecule has 0 spiro atoms. The minimum absolute atomic E-state index is 0. The number of ether oxygens (including phenoxy) is 3. The lowest BCUT2D eigenvalue weighted by atomic mass is 9.93. The zero-order valence-electron chi connectivity index (χ0n) is 14.1. The smallest absolute Gasteiger partial charge is 0.248 e. The van der Waals surface area contributed by atoms with E-state index in [4.69, 9.17) is 19.9 Å². The van der Waals surface area contributed by atoms with Crippen LogP contribution in [0.15, 0.2) is 17.0 Å². The van der Waals surface area contributed by atoms with E-state index in [1.54, 1.807) is 0 Å². The van der Waals surface area contributed by atoms with E-state index in [1.165, 1.54) is 33.5 Å². The summed E-state index contributed by atoms with van der Waals surface area (Å²) in [6.07, 6.45) is 3.07. The lowest BCUT2D eigenvalue weighted by molar-refractivity contribution is 0.354. The maximum atomic E-state index is 12.8. The predicted octanol–water partition coefficient (Wildman–Crippen LogP) is 1.68. The van der Waals surface area contributed by atoms with Gasteiger partial charge in [0.15, 0.2) is 4.90 Å². The number of halogens is 1. The third-order valence-electron chi connectivity index (χ3n) is 4.03. The molecule has 0 saturated heterocycles. The molecule has 0 bridgehead atoms. The normalized spacial score (nSPS) is 20.8. The Balaban J connectivity index is 0.00000288. The second-order valence-electron chi connectivity index (χ2n) is 5.59. The molecule has 0 aromatic heterocycles. The largest absolute Gasteiger partial charge is 0.496 e. The van der Waals surface area contributed by atoms with Crippen LogP contribution in [0.5, 0.6) is 17.2 Å². The van der Waals surface area contributed by atoms with E-state index in [2.05, 4.69) is 4.72 Å². The van der Waals surface area contributed by atoms with Gasteiger partial charge < -0.3 is 19.9 Å². The van der Waals surface area contributed by atoms with Gasteiger partial charge in [-0.1, -0.05) is 0 Å². The molecule has 2 rings (SSSR count). The molecule has 0 atom stereocenters. The van der Waals surface area contributed by atoms with Gasteiger partial charge in [-0.05, 0) is 25.7 Å². The zero-order chi connectivity index (χ0) is 17.0. The Morgan fingerprint density at radius 3 is 1.92 bits per heavy atom. The van der Waals surface area contributed by atoms with Crippen LogP contribution in [-0.4, -0.2) is 41.8 Å². The maximum Gasteiger partial charge on any atom is 0.248 e. The molecule has 0 unspecified atom stereocenters. The van der Waals surface area contributed by atoms with Gasteiger partial charge in [0, 0.05) is 24.2 Å². The van der Waals surface area contributed by atoms with Gasteiger partial charge >= 0.3 is 0 Å². The molecule has 0 radical (unpaired) electrons. The number of nitrogens with two attached hydrogens (primary N) is 1. The van der Waals surface area contributed by atoms with Gasteiger partial charge in [0.1, 0.15) is 17.2 Å². The van der Waals surface area contributed by atoms with Crippen LogP contribution < -0.4 is 24.7 Å².